The van der Waals surface area contributed by atoms with Gasteiger partial charge in [-0.15, -0.1) is 11.8 Å². The molecule has 0 unspecified atom stereocenters. The van der Waals surface area contributed by atoms with Crippen molar-refractivity contribution in [1.82, 2.24) is 9.80 Å². The monoisotopic (exact) mass is 346 g/mol. The van der Waals surface area contributed by atoms with Crippen LogP contribution in [0.1, 0.15) is 48.5 Å². The maximum atomic E-state index is 13.1. The van der Waals surface area contributed by atoms with Crippen LogP contribution >= 0.6 is 11.8 Å². The minimum absolute atomic E-state index is 0.123. The molecule has 2 amide bonds. The molecule has 0 radical (unpaired) electrons. The van der Waals surface area contributed by atoms with E-state index in [1.165, 1.54) is 0 Å². The van der Waals surface area contributed by atoms with E-state index in [1.54, 1.807) is 0 Å². The van der Waals surface area contributed by atoms with Gasteiger partial charge >= 0.3 is 0 Å². The first-order chi connectivity index (χ1) is 11.6. The number of rotatable bonds is 3. The number of carbonyl (C=O) groups is 2. The molecule has 0 bridgehead atoms. The van der Waals surface area contributed by atoms with Crippen LogP contribution in [0.2, 0.25) is 0 Å². The number of amides is 2. The molecule has 0 saturated carbocycles. The molecule has 5 heteroatoms. The molecule has 2 heterocycles. The van der Waals surface area contributed by atoms with Crippen molar-refractivity contribution in [3.8, 4) is 0 Å². The van der Waals surface area contributed by atoms with E-state index < -0.39 is 0 Å². The number of likely N-dealkylation sites (tertiary alicyclic amines) is 1. The average Bonchev–Trinajstić information content (AvgIpc) is 2.98. The summed E-state index contributed by atoms with van der Waals surface area (Å²) < 4.78 is 0. The van der Waals surface area contributed by atoms with Gasteiger partial charge in [-0.1, -0.05) is 25.1 Å². The van der Waals surface area contributed by atoms with Gasteiger partial charge in [-0.05, 0) is 37.8 Å². The van der Waals surface area contributed by atoms with Crippen LogP contribution < -0.4 is 0 Å². The van der Waals surface area contributed by atoms with E-state index in [0.29, 0.717) is 6.42 Å². The molecule has 4 nitrogen and oxygen atoms in total. The maximum absolute atomic E-state index is 13.1. The molecular formula is C19H26N2O2S. The first-order valence-corrected chi connectivity index (χ1v) is 9.85. The number of carbonyl (C=O) groups excluding carboxylic acids is 2. The summed E-state index contributed by atoms with van der Waals surface area (Å²) in [6.45, 7) is 6.38. The van der Waals surface area contributed by atoms with Gasteiger partial charge in [-0.2, -0.15) is 0 Å². The third-order valence-corrected chi connectivity index (χ3v) is 6.71. The lowest BCUT2D eigenvalue weighted by atomic mass is 9.99. The van der Waals surface area contributed by atoms with E-state index in [4.69, 9.17) is 0 Å². The number of thioether (sulfide) groups is 1. The molecule has 1 spiro atoms. The van der Waals surface area contributed by atoms with Crippen molar-refractivity contribution in [2.24, 2.45) is 0 Å². The van der Waals surface area contributed by atoms with Crippen molar-refractivity contribution in [2.75, 3.05) is 25.4 Å². The lowest BCUT2D eigenvalue weighted by molar-refractivity contribution is -0.132. The van der Waals surface area contributed by atoms with Gasteiger partial charge in [-0.3, -0.25) is 9.59 Å². The van der Waals surface area contributed by atoms with Gasteiger partial charge in [-0.25, -0.2) is 0 Å². The Kier molecular flexibility index (Phi) is 5.18. The smallest absolute Gasteiger partial charge is 0.255 e. The lowest BCUT2D eigenvalue weighted by Gasteiger charge is -2.44. The maximum Gasteiger partial charge on any atom is 0.255 e. The second-order valence-corrected chi connectivity index (χ2v) is 8.15. The predicted molar refractivity (Wildman–Crippen MR) is 98.1 cm³/mol. The molecular weight excluding hydrogens is 320 g/mol. The molecule has 0 aliphatic carbocycles. The zero-order chi connectivity index (χ0) is 17.2. The standard InChI is InChI=1S/C19H26N2O2S/c1-3-6-17(22)20-11-9-19(10-12-20)21(13-14-24-19)18(23)16-8-5-4-7-15(16)2/h4-5,7-8H,3,6,9-14H2,1-2H3. The predicted octanol–water partition coefficient (Wildman–Crippen LogP) is 3.30. The Bertz CT molecular complexity index is 624. The van der Waals surface area contributed by atoms with Gasteiger partial charge in [0.15, 0.2) is 0 Å². The van der Waals surface area contributed by atoms with Gasteiger partial charge in [0.25, 0.3) is 5.91 Å². The molecule has 2 saturated heterocycles. The van der Waals surface area contributed by atoms with Crippen LogP contribution in [0.5, 0.6) is 0 Å². The summed E-state index contributed by atoms with van der Waals surface area (Å²) in [5, 5.41) is 0. The number of piperidine rings is 1. The van der Waals surface area contributed by atoms with Crippen LogP contribution in [0.3, 0.4) is 0 Å². The Balaban J connectivity index is 1.73. The van der Waals surface area contributed by atoms with E-state index in [-0.39, 0.29) is 16.7 Å². The number of nitrogens with zero attached hydrogens (tertiary/aromatic N) is 2. The normalized spacial score (nSPS) is 19.8. The van der Waals surface area contributed by atoms with Crippen molar-refractivity contribution in [3.05, 3.63) is 35.4 Å². The van der Waals surface area contributed by atoms with E-state index in [9.17, 15) is 9.59 Å². The largest absolute Gasteiger partial charge is 0.342 e. The van der Waals surface area contributed by atoms with Gasteiger partial charge < -0.3 is 9.80 Å². The van der Waals surface area contributed by atoms with Crippen molar-refractivity contribution >= 4 is 23.6 Å². The van der Waals surface area contributed by atoms with Gasteiger partial charge in [0.05, 0.1) is 4.87 Å². The summed E-state index contributed by atoms with van der Waals surface area (Å²) >= 11 is 1.90. The first kappa shape index (κ1) is 17.3. The van der Waals surface area contributed by atoms with Crippen molar-refractivity contribution in [3.63, 3.8) is 0 Å². The molecule has 130 valence electrons. The number of hydrogen-bond acceptors (Lipinski definition) is 3. The molecule has 3 rings (SSSR count). The van der Waals surface area contributed by atoms with E-state index in [0.717, 1.165) is 55.8 Å². The Labute approximate surface area is 148 Å². The molecule has 2 aliphatic rings. The Morgan fingerprint density at radius 2 is 1.88 bits per heavy atom. The third-order valence-electron chi connectivity index (χ3n) is 5.16. The van der Waals surface area contributed by atoms with Crippen LogP contribution in [0.25, 0.3) is 0 Å². The molecule has 1 aromatic carbocycles. The summed E-state index contributed by atoms with van der Waals surface area (Å²) in [4.78, 5) is 29.1. The zero-order valence-electron chi connectivity index (χ0n) is 14.6. The highest BCUT2D eigenvalue weighted by Gasteiger charge is 2.47. The molecule has 0 atom stereocenters. The second kappa shape index (κ2) is 7.18. The average molecular weight is 346 g/mol. The second-order valence-electron chi connectivity index (χ2n) is 6.70. The van der Waals surface area contributed by atoms with Crippen LogP contribution in [-0.4, -0.2) is 51.9 Å². The number of aryl methyl sites for hydroxylation is 1. The van der Waals surface area contributed by atoms with Crippen LogP contribution in [-0.2, 0) is 4.79 Å². The topological polar surface area (TPSA) is 40.6 Å². The third kappa shape index (κ3) is 3.18. The lowest BCUT2D eigenvalue weighted by Crippen LogP contribution is -2.53. The highest BCUT2D eigenvalue weighted by molar-refractivity contribution is 8.00. The van der Waals surface area contributed by atoms with Gasteiger partial charge in [0.2, 0.25) is 5.91 Å². The van der Waals surface area contributed by atoms with Crippen molar-refractivity contribution in [2.45, 2.75) is 44.4 Å². The minimum Gasteiger partial charge on any atom is -0.342 e. The van der Waals surface area contributed by atoms with Crippen molar-refractivity contribution in [1.29, 1.82) is 0 Å². The van der Waals surface area contributed by atoms with E-state index in [1.807, 2.05) is 54.8 Å². The van der Waals surface area contributed by atoms with E-state index in [2.05, 4.69) is 4.90 Å². The quantitative estimate of drug-likeness (QED) is 0.843. The Hall–Kier alpha value is -1.49. The molecule has 1 aromatic rings. The fraction of sp³-hybridized carbons (Fsp3) is 0.579. The first-order valence-electron chi connectivity index (χ1n) is 8.87. The molecule has 24 heavy (non-hydrogen) atoms. The highest BCUT2D eigenvalue weighted by atomic mass is 32.2. The summed E-state index contributed by atoms with van der Waals surface area (Å²) in [5.74, 6) is 1.39. The fourth-order valence-corrected chi connectivity index (χ4v) is 5.20. The fourth-order valence-electron chi connectivity index (χ4n) is 3.75. The minimum atomic E-state index is -0.123. The summed E-state index contributed by atoms with van der Waals surface area (Å²) in [6, 6.07) is 7.82. The highest BCUT2D eigenvalue weighted by Crippen LogP contribution is 2.44. The Morgan fingerprint density at radius 1 is 1.17 bits per heavy atom. The molecule has 0 aromatic heterocycles. The molecule has 2 aliphatic heterocycles. The van der Waals surface area contributed by atoms with E-state index >= 15 is 0 Å². The summed E-state index contributed by atoms with van der Waals surface area (Å²) in [7, 11) is 0. The molecule has 0 N–H and O–H groups in total. The van der Waals surface area contributed by atoms with Crippen molar-refractivity contribution < 1.29 is 9.59 Å². The van der Waals surface area contributed by atoms with Crippen LogP contribution in [0.15, 0.2) is 24.3 Å². The van der Waals surface area contributed by atoms with Gasteiger partial charge in [0.1, 0.15) is 0 Å². The molecule has 2 fully saturated rings. The zero-order valence-corrected chi connectivity index (χ0v) is 15.4. The number of hydrogen-bond donors (Lipinski definition) is 0. The number of benzene rings is 1. The summed E-state index contributed by atoms with van der Waals surface area (Å²) in [5.41, 5.74) is 1.84. The Morgan fingerprint density at radius 3 is 2.54 bits per heavy atom. The summed E-state index contributed by atoms with van der Waals surface area (Å²) in [6.07, 6.45) is 3.29. The SMILES string of the molecule is CCCC(=O)N1CCC2(CC1)SCCN2C(=O)c1ccccc1C. The van der Waals surface area contributed by atoms with Gasteiger partial charge in [0, 0.05) is 37.4 Å². The van der Waals surface area contributed by atoms with Crippen LogP contribution in [0, 0.1) is 6.92 Å². The van der Waals surface area contributed by atoms with Crippen LogP contribution in [0.4, 0.5) is 0 Å².